The molecule has 0 aromatic heterocycles. The zero-order valence-electron chi connectivity index (χ0n) is 14.5. The van der Waals surface area contributed by atoms with Gasteiger partial charge in [-0.1, -0.05) is 41.5 Å². The van der Waals surface area contributed by atoms with Crippen molar-refractivity contribution in [3.8, 4) is 5.75 Å². The van der Waals surface area contributed by atoms with E-state index in [4.69, 9.17) is 9.84 Å². The van der Waals surface area contributed by atoms with Crippen LogP contribution in [0, 0.1) is 6.92 Å². The Hall–Kier alpha value is -1.06. The van der Waals surface area contributed by atoms with Gasteiger partial charge in [0.25, 0.3) is 0 Å². The highest BCUT2D eigenvalue weighted by Crippen LogP contribution is 2.42. The van der Waals surface area contributed by atoms with Crippen molar-refractivity contribution in [2.45, 2.75) is 65.9 Å². The summed E-state index contributed by atoms with van der Waals surface area (Å²) < 4.78 is 5.49. The van der Waals surface area contributed by atoms with Crippen molar-refractivity contribution in [2.24, 2.45) is 0 Å². The summed E-state index contributed by atoms with van der Waals surface area (Å²) in [7, 11) is 0. The van der Waals surface area contributed by atoms with Gasteiger partial charge >= 0.3 is 0 Å². The lowest BCUT2D eigenvalue weighted by molar-refractivity contribution is 0.0811. The summed E-state index contributed by atoms with van der Waals surface area (Å²) in [5, 5.41) is 19.6. The Morgan fingerprint density at radius 1 is 1.05 bits per heavy atom. The van der Waals surface area contributed by atoms with Crippen molar-refractivity contribution in [3.63, 3.8) is 0 Å². The highest BCUT2D eigenvalue weighted by molar-refractivity contribution is 5.54. The molecule has 1 aromatic rings. The maximum absolute atomic E-state index is 10.8. The van der Waals surface area contributed by atoms with E-state index in [0.29, 0.717) is 19.0 Å². The first-order chi connectivity index (χ1) is 9.50. The molecule has 2 N–H and O–H groups in total. The highest BCUT2D eigenvalue weighted by atomic mass is 16.5. The minimum atomic E-state index is -0.138. The number of aromatic hydroxyl groups is 1. The molecule has 0 bridgehead atoms. The molecule has 0 atom stereocenters. The van der Waals surface area contributed by atoms with Crippen molar-refractivity contribution in [1.82, 2.24) is 0 Å². The Balaban J connectivity index is 3.46. The summed E-state index contributed by atoms with van der Waals surface area (Å²) in [6.07, 6.45) is 0. The molecule has 0 aliphatic rings. The van der Waals surface area contributed by atoms with E-state index in [1.165, 1.54) is 0 Å². The van der Waals surface area contributed by atoms with Crippen LogP contribution in [0.2, 0.25) is 0 Å². The average Bonchev–Trinajstić information content (AvgIpc) is 2.28. The zero-order chi connectivity index (χ0) is 16.4. The second kappa shape index (κ2) is 6.37. The third-order valence-corrected chi connectivity index (χ3v) is 3.72. The molecule has 0 unspecified atom stereocenters. The molecule has 21 heavy (non-hydrogen) atoms. The van der Waals surface area contributed by atoms with Gasteiger partial charge in [0.15, 0.2) is 0 Å². The van der Waals surface area contributed by atoms with Crippen LogP contribution in [0.3, 0.4) is 0 Å². The van der Waals surface area contributed by atoms with Gasteiger partial charge in [-0.3, -0.25) is 0 Å². The first-order valence-corrected chi connectivity index (χ1v) is 7.55. The minimum Gasteiger partial charge on any atom is -0.507 e. The molecule has 1 aromatic carbocycles. The van der Waals surface area contributed by atoms with E-state index in [1.54, 1.807) is 0 Å². The monoisotopic (exact) mass is 294 g/mol. The molecule has 0 heterocycles. The van der Waals surface area contributed by atoms with Crippen molar-refractivity contribution in [3.05, 3.63) is 28.3 Å². The van der Waals surface area contributed by atoms with Crippen LogP contribution in [0.1, 0.15) is 63.8 Å². The van der Waals surface area contributed by atoms with Crippen LogP contribution < -0.4 is 0 Å². The van der Waals surface area contributed by atoms with Crippen LogP contribution in [-0.4, -0.2) is 23.4 Å². The minimum absolute atomic E-state index is 0.0232. The zero-order valence-corrected chi connectivity index (χ0v) is 14.5. The fourth-order valence-corrected chi connectivity index (χ4v) is 2.71. The molecule has 3 heteroatoms. The average molecular weight is 294 g/mol. The van der Waals surface area contributed by atoms with Crippen molar-refractivity contribution < 1.29 is 14.9 Å². The lowest BCUT2D eigenvalue weighted by atomic mass is 9.76. The molecule has 0 aliphatic heterocycles. The molecule has 0 fully saturated rings. The molecular weight excluding hydrogens is 264 g/mol. The van der Waals surface area contributed by atoms with Gasteiger partial charge in [0.05, 0.1) is 19.8 Å². The van der Waals surface area contributed by atoms with Crippen LogP contribution in [-0.2, 0) is 22.2 Å². The van der Waals surface area contributed by atoms with Crippen LogP contribution in [0.4, 0.5) is 0 Å². The van der Waals surface area contributed by atoms with Crippen molar-refractivity contribution >= 4 is 0 Å². The number of benzene rings is 1. The van der Waals surface area contributed by atoms with Crippen LogP contribution in [0.25, 0.3) is 0 Å². The van der Waals surface area contributed by atoms with Gasteiger partial charge in [-0.25, -0.2) is 0 Å². The number of ether oxygens (including phenoxy) is 1. The lowest BCUT2D eigenvalue weighted by Gasteiger charge is -2.30. The topological polar surface area (TPSA) is 49.7 Å². The van der Waals surface area contributed by atoms with Crippen molar-refractivity contribution in [2.75, 3.05) is 13.2 Å². The SMILES string of the molecule is Cc1c(COCCO)cc(C(C)(C)C)c(O)c1C(C)(C)C. The summed E-state index contributed by atoms with van der Waals surface area (Å²) in [6, 6.07) is 2.04. The number of rotatable bonds is 4. The molecule has 1 rings (SSSR count). The number of hydrogen-bond acceptors (Lipinski definition) is 3. The summed E-state index contributed by atoms with van der Waals surface area (Å²) in [5.74, 6) is 0.401. The maximum Gasteiger partial charge on any atom is 0.123 e. The predicted octanol–water partition coefficient (Wildman–Crippen LogP) is 3.80. The fourth-order valence-electron chi connectivity index (χ4n) is 2.71. The third-order valence-electron chi connectivity index (χ3n) is 3.72. The number of aliphatic hydroxyl groups is 1. The van der Waals surface area contributed by atoms with Gasteiger partial charge in [0.1, 0.15) is 5.75 Å². The molecule has 0 amide bonds. The molecule has 0 aliphatic carbocycles. The quantitative estimate of drug-likeness (QED) is 0.830. The molecular formula is C18H30O3. The van der Waals surface area contributed by atoms with E-state index in [9.17, 15) is 5.11 Å². The Morgan fingerprint density at radius 3 is 2.05 bits per heavy atom. The van der Waals surface area contributed by atoms with Crippen LogP contribution >= 0.6 is 0 Å². The van der Waals surface area contributed by atoms with Gasteiger partial charge in [-0.2, -0.15) is 0 Å². The number of phenols is 1. The van der Waals surface area contributed by atoms with E-state index >= 15 is 0 Å². The number of phenolic OH excluding ortho intramolecular Hbond substituents is 1. The standard InChI is InChI=1S/C18H30O3/c1-12-13(11-21-9-8-19)10-14(17(2,3)4)16(20)15(12)18(5,6)7/h10,19-20H,8-9,11H2,1-7H3. The summed E-state index contributed by atoms with van der Waals surface area (Å²) in [6.45, 7) is 15.5. The van der Waals surface area contributed by atoms with E-state index in [0.717, 1.165) is 22.3 Å². The Bertz CT molecular complexity index is 491. The van der Waals surface area contributed by atoms with E-state index < -0.39 is 0 Å². The third kappa shape index (κ3) is 4.21. The Morgan fingerprint density at radius 2 is 1.62 bits per heavy atom. The smallest absolute Gasteiger partial charge is 0.123 e. The van der Waals surface area contributed by atoms with E-state index in [-0.39, 0.29) is 17.4 Å². The number of aliphatic hydroxyl groups excluding tert-OH is 1. The Labute approximate surface area is 129 Å². The van der Waals surface area contributed by atoms with Crippen LogP contribution in [0.5, 0.6) is 5.75 Å². The second-order valence-corrected chi connectivity index (χ2v) is 7.71. The van der Waals surface area contributed by atoms with E-state index in [2.05, 4.69) is 41.5 Å². The molecule has 120 valence electrons. The maximum atomic E-state index is 10.8. The van der Waals surface area contributed by atoms with Gasteiger partial charge < -0.3 is 14.9 Å². The van der Waals surface area contributed by atoms with Crippen LogP contribution in [0.15, 0.2) is 6.07 Å². The number of hydrogen-bond donors (Lipinski definition) is 2. The molecule has 0 saturated carbocycles. The predicted molar refractivity (Wildman–Crippen MR) is 87.0 cm³/mol. The first-order valence-electron chi connectivity index (χ1n) is 7.55. The first kappa shape index (κ1) is 18.0. The van der Waals surface area contributed by atoms with Gasteiger partial charge in [-0.15, -0.1) is 0 Å². The fraction of sp³-hybridized carbons (Fsp3) is 0.667. The summed E-state index contributed by atoms with van der Waals surface area (Å²) in [4.78, 5) is 0. The molecule has 0 saturated heterocycles. The van der Waals surface area contributed by atoms with Crippen molar-refractivity contribution in [1.29, 1.82) is 0 Å². The molecule has 0 spiro atoms. The largest absolute Gasteiger partial charge is 0.507 e. The van der Waals surface area contributed by atoms with E-state index in [1.807, 2.05) is 13.0 Å². The lowest BCUT2D eigenvalue weighted by Crippen LogP contribution is -2.20. The second-order valence-electron chi connectivity index (χ2n) is 7.71. The normalized spacial score (nSPS) is 12.8. The van der Waals surface area contributed by atoms with Gasteiger partial charge in [0, 0.05) is 5.56 Å². The van der Waals surface area contributed by atoms with Gasteiger partial charge in [-0.05, 0) is 40.5 Å². The van der Waals surface area contributed by atoms with Gasteiger partial charge in [0.2, 0.25) is 0 Å². The molecule has 0 radical (unpaired) electrons. The summed E-state index contributed by atoms with van der Waals surface area (Å²) in [5.41, 5.74) is 3.81. The molecule has 3 nitrogen and oxygen atoms in total. The Kier molecular flexibility index (Phi) is 5.46. The highest BCUT2D eigenvalue weighted by Gasteiger charge is 2.28. The summed E-state index contributed by atoms with van der Waals surface area (Å²) >= 11 is 0.